The van der Waals surface area contributed by atoms with Gasteiger partial charge in [0.15, 0.2) is 9.84 Å². The van der Waals surface area contributed by atoms with E-state index in [-0.39, 0.29) is 35.3 Å². The maximum atomic E-state index is 13.5. The third kappa shape index (κ3) is 8.66. The average molecular weight is 713 g/mol. The minimum Gasteiger partial charge on any atom is -0.453 e. The molecule has 0 radical (unpaired) electrons. The minimum absolute atomic E-state index is 0.107. The lowest BCUT2D eigenvalue weighted by atomic mass is 10.0. The molecule has 3 N–H and O–H groups in total. The van der Waals surface area contributed by atoms with Crippen molar-refractivity contribution in [2.24, 2.45) is 5.92 Å². The van der Waals surface area contributed by atoms with E-state index in [0.717, 1.165) is 40.8 Å². The zero-order chi connectivity index (χ0) is 36.1. The predicted octanol–water partition coefficient (Wildman–Crippen LogP) is 5.27. The Kier molecular flexibility index (Phi) is 10.9. The van der Waals surface area contributed by atoms with Gasteiger partial charge in [-0.05, 0) is 65.3 Å². The molecule has 2 atom stereocenters. The van der Waals surface area contributed by atoms with Crippen LogP contribution >= 0.6 is 0 Å². The summed E-state index contributed by atoms with van der Waals surface area (Å²) in [6.07, 6.45) is 2.77. The van der Waals surface area contributed by atoms with Gasteiger partial charge in [-0.2, -0.15) is 0 Å². The largest absolute Gasteiger partial charge is 0.453 e. The first-order chi connectivity index (χ1) is 24.5. The molecule has 2 aliphatic rings. The molecule has 0 aliphatic carbocycles. The molecule has 3 heterocycles. The number of rotatable bonds is 10. The fourth-order valence-electron chi connectivity index (χ4n) is 6.57. The number of anilines is 1. The van der Waals surface area contributed by atoms with Gasteiger partial charge in [0.25, 0.3) is 5.91 Å². The maximum absolute atomic E-state index is 13.5. The van der Waals surface area contributed by atoms with Crippen LogP contribution in [0.1, 0.15) is 54.5 Å². The highest BCUT2D eigenvalue weighted by molar-refractivity contribution is 7.91. The molecule has 13 heteroatoms. The van der Waals surface area contributed by atoms with E-state index >= 15 is 0 Å². The Labute approximate surface area is 298 Å². The SMILES string of the molecule is COC(=O)N[C@@H](C(=O)N1CCC[C@H]1c1ncc(-c2ccc(-c3ccc(C(=O)Nc4ccc(CN5CCS(=O)(=O)CC5)cc4)cc3)cc2)[nH]1)C(C)C. The normalized spacial score (nSPS) is 18.0. The quantitative estimate of drug-likeness (QED) is 0.201. The first kappa shape index (κ1) is 35.8. The molecule has 3 amide bonds. The van der Waals surface area contributed by atoms with Crippen LogP contribution in [-0.4, -0.2) is 90.4 Å². The number of aromatic nitrogens is 2. The number of nitrogens with one attached hydrogen (secondary N) is 3. The second-order valence-electron chi connectivity index (χ2n) is 13.5. The molecule has 2 saturated heterocycles. The van der Waals surface area contributed by atoms with Gasteiger partial charge in [0.1, 0.15) is 11.9 Å². The summed E-state index contributed by atoms with van der Waals surface area (Å²) >= 11 is 0. The molecular weight excluding hydrogens is 669 g/mol. The molecule has 12 nitrogen and oxygen atoms in total. The molecule has 6 rings (SSSR count). The Hall–Kier alpha value is -5.01. The van der Waals surface area contributed by atoms with E-state index in [9.17, 15) is 22.8 Å². The van der Waals surface area contributed by atoms with Crippen molar-refractivity contribution in [1.29, 1.82) is 0 Å². The first-order valence-electron chi connectivity index (χ1n) is 17.2. The van der Waals surface area contributed by atoms with E-state index in [1.165, 1.54) is 7.11 Å². The smallest absolute Gasteiger partial charge is 0.407 e. The fraction of sp³-hybridized carbons (Fsp3) is 0.368. The number of carbonyl (C=O) groups is 3. The molecule has 0 unspecified atom stereocenters. The molecule has 0 spiro atoms. The molecule has 0 saturated carbocycles. The Bertz CT molecular complexity index is 1940. The summed E-state index contributed by atoms with van der Waals surface area (Å²) < 4.78 is 28.1. The number of carbonyl (C=O) groups excluding carboxylic acids is 3. The number of alkyl carbamates (subject to hydrolysis) is 1. The van der Waals surface area contributed by atoms with Gasteiger partial charge in [-0.15, -0.1) is 0 Å². The Morgan fingerprint density at radius 3 is 2.16 bits per heavy atom. The highest BCUT2D eigenvalue weighted by Gasteiger charge is 2.37. The number of hydrogen-bond donors (Lipinski definition) is 3. The molecule has 1 aromatic heterocycles. The van der Waals surface area contributed by atoms with E-state index in [2.05, 4.69) is 25.5 Å². The van der Waals surface area contributed by atoms with Crippen LogP contribution in [0.15, 0.2) is 79.0 Å². The van der Waals surface area contributed by atoms with Crippen molar-refractivity contribution < 1.29 is 27.5 Å². The van der Waals surface area contributed by atoms with Crippen molar-refractivity contribution in [2.45, 2.75) is 45.3 Å². The van der Waals surface area contributed by atoms with E-state index < -0.39 is 22.0 Å². The summed E-state index contributed by atoms with van der Waals surface area (Å²) in [6.45, 7) is 6.12. The molecular formula is C38H44N6O6S. The number of methoxy groups -OCH3 is 1. The van der Waals surface area contributed by atoms with Crippen LogP contribution in [0.2, 0.25) is 0 Å². The number of hydrogen-bond acceptors (Lipinski definition) is 8. The van der Waals surface area contributed by atoms with Gasteiger partial charge < -0.3 is 25.3 Å². The summed E-state index contributed by atoms with van der Waals surface area (Å²) in [5.41, 5.74) is 6.05. The monoisotopic (exact) mass is 712 g/mol. The number of nitrogens with zero attached hydrogens (tertiary/aromatic N) is 3. The zero-order valence-corrected chi connectivity index (χ0v) is 29.9. The van der Waals surface area contributed by atoms with Crippen LogP contribution in [0, 0.1) is 5.92 Å². The number of benzene rings is 3. The number of sulfone groups is 1. The number of ether oxygens (including phenoxy) is 1. The highest BCUT2D eigenvalue weighted by Crippen LogP contribution is 2.33. The van der Waals surface area contributed by atoms with Gasteiger partial charge in [0.2, 0.25) is 5.91 Å². The van der Waals surface area contributed by atoms with Crippen LogP contribution in [0.4, 0.5) is 10.5 Å². The van der Waals surface area contributed by atoms with Gasteiger partial charge >= 0.3 is 6.09 Å². The highest BCUT2D eigenvalue weighted by atomic mass is 32.2. The standard InChI is InChI=1S/C38H44N6O6S/c1-25(2)34(42-38(47)50-3)37(46)44-18-4-5-33(44)35-39-23-32(41-35)29-12-8-27(9-13-29)28-10-14-30(15-11-28)36(45)40-31-16-6-26(7-17-31)24-43-19-21-51(48,49)22-20-43/h6-17,23,25,33-34H,4-5,18-22,24H2,1-3H3,(H,39,41)(H,40,45)(H,42,47)/t33-,34+/m0/s1. The Balaban J connectivity index is 1.05. The van der Waals surface area contributed by atoms with Crippen molar-refractivity contribution in [2.75, 3.05) is 43.6 Å². The molecule has 0 bridgehead atoms. The van der Waals surface area contributed by atoms with Crippen LogP contribution in [0.5, 0.6) is 0 Å². The molecule has 268 valence electrons. The fourth-order valence-corrected chi connectivity index (χ4v) is 7.84. The minimum atomic E-state index is -2.91. The Morgan fingerprint density at radius 1 is 0.902 bits per heavy atom. The lowest BCUT2D eigenvalue weighted by Crippen LogP contribution is -2.51. The first-order valence-corrected chi connectivity index (χ1v) is 19.1. The van der Waals surface area contributed by atoms with Gasteiger partial charge in [-0.3, -0.25) is 14.5 Å². The van der Waals surface area contributed by atoms with Crippen molar-refractivity contribution >= 4 is 33.4 Å². The molecule has 2 aliphatic heterocycles. The maximum Gasteiger partial charge on any atom is 0.407 e. The van der Waals surface area contributed by atoms with Gasteiger partial charge in [0, 0.05) is 37.4 Å². The van der Waals surface area contributed by atoms with Crippen LogP contribution in [-0.2, 0) is 25.9 Å². The van der Waals surface area contributed by atoms with Crippen molar-refractivity contribution in [1.82, 2.24) is 25.1 Å². The number of imidazole rings is 1. The summed E-state index contributed by atoms with van der Waals surface area (Å²) in [7, 11) is -1.63. The van der Waals surface area contributed by atoms with E-state index in [4.69, 9.17) is 4.74 Å². The van der Waals surface area contributed by atoms with Gasteiger partial charge in [0.05, 0.1) is 36.5 Å². The lowest BCUT2D eigenvalue weighted by molar-refractivity contribution is -0.135. The number of likely N-dealkylation sites (tertiary alicyclic amines) is 1. The zero-order valence-electron chi connectivity index (χ0n) is 29.1. The Morgan fingerprint density at radius 2 is 1.53 bits per heavy atom. The van der Waals surface area contributed by atoms with Gasteiger partial charge in [-0.1, -0.05) is 62.4 Å². The summed E-state index contributed by atoms with van der Waals surface area (Å²) in [5.74, 6) is 0.643. The van der Waals surface area contributed by atoms with Crippen LogP contribution in [0.25, 0.3) is 22.4 Å². The summed E-state index contributed by atoms with van der Waals surface area (Å²) in [4.78, 5) is 50.3. The third-order valence-corrected chi connectivity index (χ3v) is 11.2. The van der Waals surface area contributed by atoms with Crippen molar-refractivity contribution in [3.05, 3.63) is 95.9 Å². The second kappa shape index (κ2) is 15.5. The van der Waals surface area contributed by atoms with Crippen molar-refractivity contribution in [3.8, 4) is 22.4 Å². The van der Waals surface area contributed by atoms with Crippen LogP contribution in [0.3, 0.4) is 0 Å². The van der Waals surface area contributed by atoms with Crippen molar-refractivity contribution in [3.63, 3.8) is 0 Å². The number of amides is 3. The number of H-pyrrole nitrogens is 1. The molecule has 4 aromatic rings. The predicted molar refractivity (Wildman–Crippen MR) is 196 cm³/mol. The molecule has 2 fully saturated rings. The summed E-state index contributed by atoms with van der Waals surface area (Å²) in [5, 5.41) is 5.63. The summed E-state index contributed by atoms with van der Waals surface area (Å²) in [6, 6.07) is 22.2. The molecule has 3 aromatic carbocycles. The van der Waals surface area contributed by atoms with E-state index in [0.29, 0.717) is 43.3 Å². The lowest BCUT2D eigenvalue weighted by Gasteiger charge is -2.30. The van der Waals surface area contributed by atoms with E-state index in [1.54, 1.807) is 23.2 Å². The van der Waals surface area contributed by atoms with Gasteiger partial charge in [-0.25, -0.2) is 18.2 Å². The van der Waals surface area contributed by atoms with E-state index in [1.807, 2.05) is 74.5 Å². The second-order valence-corrected chi connectivity index (χ2v) is 15.8. The third-order valence-electron chi connectivity index (χ3n) is 9.57. The topological polar surface area (TPSA) is 154 Å². The number of aromatic amines is 1. The molecule has 51 heavy (non-hydrogen) atoms. The van der Waals surface area contributed by atoms with Crippen LogP contribution < -0.4 is 10.6 Å². The average Bonchev–Trinajstić information content (AvgIpc) is 3.83.